The Morgan fingerprint density at radius 1 is 1.22 bits per heavy atom. The molecule has 1 aliphatic rings. The first-order chi connectivity index (χ1) is 11.1. The van der Waals surface area contributed by atoms with Crippen LogP contribution in [0.2, 0.25) is 0 Å². The van der Waals surface area contributed by atoms with E-state index in [2.05, 4.69) is 28.8 Å². The zero-order valence-corrected chi connectivity index (χ0v) is 15.1. The molecule has 3 atom stereocenters. The summed E-state index contributed by atoms with van der Waals surface area (Å²) in [5.74, 6) is 0.980. The molecule has 2 aromatic rings. The Hall–Kier alpha value is -1.89. The summed E-state index contributed by atoms with van der Waals surface area (Å²) in [4.78, 5) is 12.4. The third kappa shape index (κ3) is 3.90. The molecular weight excluding hydrogens is 292 g/mol. The first-order valence-corrected chi connectivity index (χ1v) is 8.51. The summed E-state index contributed by atoms with van der Waals surface area (Å²) in [6, 6.07) is 0. The zero-order valence-electron chi connectivity index (χ0n) is 15.1. The molecule has 1 saturated heterocycles. The third-order valence-electron chi connectivity index (χ3n) is 3.72. The number of anilines is 2. The van der Waals surface area contributed by atoms with Crippen molar-refractivity contribution in [2.75, 3.05) is 11.5 Å². The lowest BCUT2D eigenvalue weighted by molar-refractivity contribution is -0.00303. The van der Waals surface area contributed by atoms with Gasteiger partial charge in [-0.25, -0.2) is 4.98 Å². The number of hydrogen-bond acceptors (Lipinski definition) is 6. The normalized spacial score (nSPS) is 23.0. The number of nitrogens with two attached hydrogens (primary N) is 2. The molecule has 3 unspecified atom stereocenters. The highest BCUT2D eigenvalue weighted by molar-refractivity contribution is 5.82. The van der Waals surface area contributed by atoms with Gasteiger partial charge < -0.3 is 16.2 Å². The molecule has 7 heteroatoms. The fourth-order valence-electron chi connectivity index (χ4n) is 2.71. The minimum Gasteiger partial charge on any atom is -0.382 e. The van der Waals surface area contributed by atoms with Crippen LogP contribution < -0.4 is 11.5 Å². The molecule has 1 aliphatic heterocycles. The minimum absolute atomic E-state index is 0.0568. The lowest BCUT2D eigenvalue weighted by Crippen LogP contribution is -2.13. The SMILES string of the molecule is CC.CC.CCC1OC(n2cnc3c(N)nc(N)nc32)CC1C. The molecule has 0 aromatic carbocycles. The summed E-state index contributed by atoms with van der Waals surface area (Å²) < 4.78 is 7.93. The van der Waals surface area contributed by atoms with Gasteiger partial charge >= 0.3 is 0 Å². The number of aromatic nitrogens is 4. The molecule has 0 radical (unpaired) electrons. The lowest BCUT2D eigenvalue weighted by Gasteiger charge is -2.14. The molecule has 0 aliphatic carbocycles. The number of ether oxygens (including phenoxy) is 1. The van der Waals surface area contributed by atoms with Crippen molar-refractivity contribution in [3.8, 4) is 0 Å². The first kappa shape index (κ1) is 19.2. The third-order valence-corrected chi connectivity index (χ3v) is 3.72. The largest absolute Gasteiger partial charge is 0.382 e. The number of nitrogens with zero attached hydrogens (tertiary/aromatic N) is 4. The average molecular weight is 322 g/mol. The maximum atomic E-state index is 6.04. The fraction of sp³-hybridized carbons (Fsp3) is 0.688. The molecule has 3 heterocycles. The van der Waals surface area contributed by atoms with Crippen LogP contribution in [0.4, 0.5) is 11.8 Å². The Balaban J connectivity index is 0.000000615. The molecule has 4 N–H and O–H groups in total. The molecule has 130 valence electrons. The van der Waals surface area contributed by atoms with Crippen LogP contribution in [0.5, 0.6) is 0 Å². The van der Waals surface area contributed by atoms with E-state index in [0.717, 1.165) is 12.8 Å². The van der Waals surface area contributed by atoms with Crippen LogP contribution in [0.15, 0.2) is 6.33 Å². The van der Waals surface area contributed by atoms with E-state index in [0.29, 0.717) is 22.9 Å². The highest BCUT2D eigenvalue weighted by Gasteiger charge is 2.33. The van der Waals surface area contributed by atoms with Crippen molar-refractivity contribution in [3.05, 3.63) is 6.33 Å². The van der Waals surface area contributed by atoms with Crippen LogP contribution >= 0.6 is 0 Å². The maximum absolute atomic E-state index is 6.04. The number of hydrogen-bond donors (Lipinski definition) is 2. The molecule has 3 rings (SSSR count). The summed E-state index contributed by atoms with van der Waals surface area (Å²) in [6.45, 7) is 12.3. The second-order valence-electron chi connectivity index (χ2n) is 5.04. The van der Waals surface area contributed by atoms with Gasteiger partial charge in [-0.1, -0.05) is 41.5 Å². The second kappa shape index (κ2) is 8.67. The summed E-state index contributed by atoms with van der Waals surface area (Å²) in [5, 5.41) is 0. The van der Waals surface area contributed by atoms with Crippen LogP contribution in [0.1, 0.15) is 60.6 Å². The Morgan fingerprint density at radius 3 is 2.43 bits per heavy atom. The fourth-order valence-corrected chi connectivity index (χ4v) is 2.71. The van der Waals surface area contributed by atoms with E-state index in [4.69, 9.17) is 16.2 Å². The van der Waals surface area contributed by atoms with Gasteiger partial charge in [0.1, 0.15) is 11.7 Å². The molecule has 0 amide bonds. The molecule has 0 saturated carbocycles. The molecule has 7 nitrogen and oxygen atoms in total. The van der Waals surface area contributed by atoms with Crippen molar-refractivity contribution in [2.45, 2.75) is 66.7 Å². The van der Waals surface area contributed by atoms with Gasteiger partial charge in [0.25, 0.3) is 0 Å². The Bertz CT molecular complexity index is 612. The van der Waals surface area contributed by atoms with E-state index in [1.165, 1.54) is 0 Å². The molecule has 0 spiro atoms. The number of fused-ring (bicyclic) bond motifs is 1. The standard InChI is InChI=1S/C12H18N6O.2C2H6/c1-3-7-6(2)4-8(19-7)18-5-15-9-10(13)16-12(14)17-11(9)18;2*1-2/h5-8H,3-4H2,1-2H3,(H4,13,14,16,17);2*1-2H3. The van der Waals surface area contributed by atoms with Crippen LogP contribution in [0, 0.1) is 5.92 Å². The second-order valence-corrected chi connectivity index (χ2v) is 5.04. The molecule has 0 bridgehead atoms. The monoisotopic (exact) mass is 322 g/mol. The van der Waals surface area contributed by atoms with Crippen molar-refractivity contribution in [1.82, 2.24) is 19.5 Å². The molecule has 2 aromatic heterocycles. The van der Waals surface area contributed by atoms with Gasteiger partial charge in [-0.3, -0.25) is 4.57 Å². The van der Waals surface area contributed by atoms with Crippen molar-refractivity contribution in [2.24, 2.45) is 5.92 Å². The molecular formula is C16H30N6O. The minimum atomic E-state index is -0.0568. The topological polar surface area (TPSA) is 105 Å². The summed E-state index contributed by atoms with van der Waals surface area (Å²) in [5.41, 5.74) is 12.7. The Morgan fingerprint density at radius 2 is 1.87 bits per heavy atom. The molecule has 1 fully saturated rings. The average Bonchev–Trinajstić information content (AvgIpc) is 3.14. The number of imidazole rings is 1. The van der Waals surface area contributed by atoms with E-state index in [-0.39, 0.29) is 18.3 Å². The summed E-state index contributed by atoms with van der Waals surface area (Å²) in [6.07, 6.45) is 3.86. The lowest BCUT2D eigenvalue weighted by atomic mass is 10.0. The van der Waals surface area contributed by atoms with Gasteiger partial charge in [-0.2, -0.15) is 9.97 Å². The summed E-state index contributed by atoms with van der Waals surface area (Å²) >= 11 is 0. The first-order valence-electron chi connectivity index (χ1n) is 8.51. The van der Waals surface area contributed by atoms with Gasteiger partial charge in [0.2, 0.25) is 5.95 Å². The van der Waals surface area contributed by atoms with Gasteiger partial charge in [0, 0.05) is 0 Å². The van der Waals surface area contributed by atoms with Gasteiger partial charge in [0.15, 0.2) is 11.5 Å². The smallest absolute Gasteiger partial charge is 0.224 e. The zero-order chi connectivity index (χ0) is 17.6. The van der Waals surface area contributed by atoms with Crippen LogP contribution in [0.25, 0.3) is 11.2 Å². The van der Waals surface area contributed by atoms with Gasteiger partial charge in [-0.05, 0) is 18.8 Å². The Labute approximate surface area is 138 Å². The van der Waals surface area contributed by atoms with Crippen LogP contribution in [0.3, 0.4) is 0 Å². The van der Waals surface area contributed by atoms with Gasteiger partial charge in [-0.15, -0.1) is 0 Å². The number of nitrogen functional groups attached to an aromatic ring is 2. The maximum Gasteiger partial charge on any atom is 0.224 e. The van der Waals surface area contributed by atoms with E-state index in [1.807, 2.05) is 32.3 Å². The van der Waals surface area contributed by atoms with E-state index < -0.39 is 0 Å². The van der Waals surface area contributed by atoms with Crippen LogP contribution in [-0.2, 0) is 4.74 Å². The van der Waals surface area contributed by atoms with Crippen molar-refractivity contribution in [3.63, 3.8) is 0 Å². The predicted octanol–water partition coefficient (Wildman–Crippen LogP) is 3.38. The quantitative estimate of drug-likeness (QED) is 0.878. The van der Waals surface area contributed by atoms with Crippen molar-refractivity contribution in [1.29, 1.82) is 0 Å². The van der Waals surface area contributed by atoms with E-state index in [9.17, 15) is 0 Å². The highest BCUT2D eigenvalue weighted by atomic mass is 16.5. The van der Waals surface area contributed by atoms with Crippen LogP contribution in [-0.4, -0.2) is 25.6 Å². The van der Waals surface area contributed by atoms with E-state index in [1.54, 1.807) is 6.33 Å². The van der Waals surface area contributed by atoms with E-state index >= 15 is 0 Å². The Kier molecular flexibility index (Phi) is 7.22. The molecule has 23 heavy (non-hydrogen) atoms. The summed E-state index contributed by atoms with van der Waals surface area (Å²) in [7, 11) is 0. The highest BCUT2D eigenvalue weighted by Crippen LogP contribution is 2.36. The predicted molar refractivity (Wildman–Crippen MR) is 94.8 cm³/mol. The number of rotatable bonds is 2. The van der Waals surface area contributed by atoms with Gasteiger partial charge in [0.05, 0.1) is 12.4 Å². The van der Waals surface area contributed by atoms with Crippen molar-refractivity contribution >= 4 is 22.9 Å². The van der Waals surface area contributed by atoms with Crippen molar-refractivity contribution < 1.29 is 4.74 Å².